The van der Waals surface area contributed by atoms with Gasteiger partial charge in [-0.15, -0.1) is 0 Å². The second-order valence-electron chi connectivity index (χ2n) is 3.79. The second kappa shape index (κ2) is 4.48. The van der Waals surface area contributed by atoms with Gasteiger partial charge in [-0.05, 0) is 19.9 Å². The van der Waals surface area contributed by atoms with Crippen molar-refractivity contribution in [3.63, 3.8) is 0 Å². The van der Waals surface area contributed by atoms with Crippen molar-refractivity contribution in [2.24, 2.45) is 0 Å². The molecule has 0 aromatic carbocycles. The van der Waals surface area contributed by atoms with Gasteiger partial charge in [-0.3, -0.25) is 0 Å². The Morgan fingerprint density at radius 1 is 1.44 bits per heavy atom. The third-order valence-electron chi connectivity index (χ3n) is 2.60. The fourth-order valence-electron chi connectivity index (χ4n) is 1.80. The molecule has 0 amide bonds. The summed E-state index contributed by atoms with van der Waals surface area (Å²) in [5.74, 6) is -0.387. The van der Waals surface area contributed by atoms with Crippen molar-refractivity contribution in [1.82, 2.24) is 10.1 Å². The summed E-state index contributed by atoms with van der Waals surface area (Å²) in [6, 6.07) is 1.50. The van der Waals surface area contributed by atoms with E-state index < -0.39 is 5.97 Å². The molecule has 0 spiro atoms. The van der Waals surface area contributed by atoms with E-state index in [0.29, 0.717) is 17.0 Å². The minimum absolute atomic E-state index is 0.00926. The predicted octanol–water partition coefficient (Wildman–Crippen LogP) is 2.06. The van der Waals surface area contributed by atoms with Crippen LogP contribution in [0.3, 0.4) is 0 Å². The lowest BCUT2D eigenvalue weighted by Crippen LogP contribution is -2.03. The highest BCUT2D eigenvalue weighted by molar-refractivity contribution is 5.92. The average Bonchev–Trinajstić information content (AvgIpc) is 2.68. The van der Waals surface area contributed by atoms with Crippen molar-refractivity contribution in [2.45, 2.75) is 13.8 Å². The van der Waals surface area contributed by atoms with E-state index in [1.165, 1.54) is 19.4 Å². The van der Waals surface area contributed by atoms with Crippen LogP contribution in [-0.4, -0.2) is 28.3 Å². The van der Waals surface area contributed by atoms with Gasteiger partial charge in [0.05, 0.1) is 12.8 Å². The zero-order valence-corrected chi connectivity index (χ0v) is 10.2. The van der Waals surface area contributed by atoms with Gasteiger partial charge in [-0.2, -0.15) is 0 Å². The fraction of sp³-hybridized carbons (Fsp3) is 0.250. The summed E-state index contributed by atoms with van der Waals surface area (Å²) < 4.78 is 9.96. The Kier molecular flexibility index (Phi) is 3.01. The van der Waals surface area contributed by atoms with Crippen molar-refractivity contribution >= 4 is 5.97 Å². The van der Waals surface area contributed by atoms with Crippen molar-refractivity contribution in [1.29, 1.82) is 0 Å². The zero-order valence-electron chi connectivity index (χ0n) is 10.2. The normalized spacial score (nSPS) is 10.4. The third kappa shape index (κ3) is 1.92. The fourth-order valence-corrected chi connectivity index (χ4v) is 1.80. The van der Waals surface area contributed by atoms with Crippen LogP contribution >= 0.6 is 0 Å². The molecule has 0 saturated carbocycles. The number of ether oxygens (including phenoxy) is 1. The number of pyridine rings is 1. The molecule has 0 aliphatic carbocycles. The molecule has 18 heavy (non-hydrogen) atoms. The number of hydrogen-bond acceptors (Lipinski definition) is 5. The van der Waals surface area contributed by atoms with Crippen LogP contribution in [-0.2, 0) is 0 Å². The van der Waals surface area contributed by atoms with Gasteiger partial charge in [0.1, 0.15) is 11.3 Å². The van der Waals surface area contributed by atoms with Gasteiger partial charge in [-0.1, -0.05) is 5.16 Å². The monoisotopic (exact) mass is 248 g/mol. The number of carboxylic acid groups (broad SMARTS) is 1. The molecule has 0 aliphatic rings. The van der Waals surface area contributed by atoms with Crippen LogP contribution in [0.4, 0.5) is 0 Å². The van der Waals surface area contributed by atoms with Crippen molar-refractivity contribution in [2.75, 3.05) is 7.11 Å². The Labute approximate surface area is 103 Å². The van der Waals surface area contributed by atoms with Gasteiger partial charge in [-0.25, -0.2) is 9.78 Å². The summed E-state index contributed by atoms with van der Waals surface area (Å²) in [4.78, 5) is 15.1. The molecule has 2 aromatic heterocycles. The number of carbonyl (C=O) groups is 1. The largest absolute Gasteiger partial charge is 0.480 e. The summed E-state index contributed by atoms with van der Waals surface area (Å²) in [5, 5.41) is 12.9. The molecule has 6 heteroatoms. The highest BCUT2D eigenvalue weighted by Crippen LogP contribution is 2.29. The topological polar surface area (TPSA) is 85.5 Å². The molecule has 94 valence electrons. The minimum atomic E-state index is -1.09. The van der Waals surface area contributed by atoms with E-state index in [0.717, 1.165) is 5.56 Å². The van der Waals surface area contributed by atoms with Crippen LogP contribution in [0.15, 0.2) is 16.8 Å². The molecule has 6 nitrogen and oxygen atoms in total. The standard InChI is InChI=1S/C12H12N2O4/c1-6-10(7(2)18-14-6)8-4-9(12(15)16)11(17-3)13-5-8/h4-5H,1-3H3,(H,15,16). The molecule has 0 bridgehead atoms. The van der Waals surface area contributed by atoms with E-state index in [1.54, 1.807) is 13.8 Å². The van der Waals surface area contributed by atoms with Crippen LogP contribution in [0.1, 0.15) is 21.8 Å². The number of aromatic nitrogens is 2. The first-order valence-corrected chi connectivity index (χ1v) is 5.25. The first-order chi connectivity index (χ1) is 8.54. The maximum Gasteiger partial charge on any atom is 0.341 e. The van der Waals surface area contributed by atoms with Crippen LogP contribution < -0.4 is 4.74 Å². The number of hydrogen-bond donors (Lipinski definition) is 1. The molecule has 2 rings (SSSR count). The van der Waals surface area contributed by atoms with Gasteiger partial charge in [0.25, 0.3) is 0 Å². The van der Waals surface area contributed by atoms with Crippen LogP contribution in [0.25, 0.3) is 11.1 Å². The first kappa shape index (κ1) is 12.1. The van der Waals surface area contributed by atoms with Gasteiger partial charge < -0.3 is 14.4 Å². The molecule has 0 fully saturated rings. The molecule has 0 atom stereocenters. The molecule has 2 aromatic rings. The Bertz CT molecular complexity index is 585. The summed E-state index contributed by atoms with van der Waals surface area (Å²) in [5.41, 5.74) is 2.10. The Balaban J connectivity index is 2.61. The summed E-state index contributed by atoms with van der Waals surface area (Å²) in [6.07, 6.45) is 1.54. The van der Waals surface area contributed by atoms with E-state index in [9.17, 15) is 4.79 Å². The van der Waals surface area contributed by atoms with E-state index in [2.05, 4.69) is 10.1 Å². The number of aromatic carboxylic acids is 1. The predicted molar refractivity (Wildman–Crippen MR) is 62.7 cm³/mol. The van der Waals surface area contributed by atoms with Gasteiger partial charge in [0, 0.05) is 17.3 Å². The molecule has 0 radical (unpaired) electrons. The van der Waals surface area contributed by atoms with E-state index in [4.69, 9.17) is 14.4 Å². The van der Waals surface area contributed by atoms with Crippen molar-refractivity contribution < 1.29 is 19.2 Å². The Morgan fingerprint density at radius 2 is 2.17 bits per heavy atom. The number of carboxylic acids is 1. The minimum Gasteiger partial charge on any atom is -0.480 e. The van der Waals surface area contributed by atoms with Crippen LogP contribution in [0, 0.1) is 13.8 Å². The summed E-state index contributed by atoms with van der Waals surface area (Å²) in [7, 11) is 1.38. The smallest absolute Gasteiger partial charge is 0.341 e. The highest BCUT2D eigenvalue weighted by Gasteiger charge is 2.17. The maximum absolute atomic E-state index is 11.1. The molecule has 2 heterocycles. The Morgan fingerprint density at radius 3 is 2.67 bits per heavy atom. The van der Waals surface area contributed by atoms with Crippen LogP contribution in [0.5, 0.6) is 5.88 Å². The van der Waals surface area contributed by atoms with E-state index in [-0.39, 0.29) is 11.4 Å². The molecule has 1 N–H and O–H groups in total. The number of nitrogens with zero attached hydrogens (tertiary/aromatic N) is 2. The van der Waals surface area contributed by atoms with Crippen molar-refractivity contribution in [3.8, 4) is 17.0 Å². The SMILES string of the molecule is COc1ncc(-c2c(C)noc2C)cc1C(=O)O. The molecular weight excluding hydrogens is 236 g/mol. The molecule has 0 aliphatic heterocycles. The van der Waals surface area contributed by atoms with Gasteiger partial charge in [0.15, 0.2) is 0 Å². The summed E-state index contributed by atoms with van der Waals surface area (Å²) in [6.45, 7) is 3.55. The second-order valence-corrected chi connectivity index (χ2v) is 3.79. The highest BCUT2D eigenvalue weighted by atomic mass is 16.5. The summed E-state index contributed by atoms with van der Waals surface area (Å²) >= 11 is 0. The van der Waals surface area contributed by atoms with Crippen LogP contribution in [0.2, 0.25) is 0 Å². The maximum atomic E-state index is 11.1. The number of rotatable bonds is 3. The van der Waals surface area contributed by atoms with E-state index >= 15 is 0 Å². The van der Waals surface area contributed by atoms with Gasteiger partial charge in [0.2, 0.25) is 5.88 Å². The van der Waals surface area contributed by atoms with Crippen molar-refractivity contribution in [3.05, 3.63) is 29.3 Å². The lowest BCUT2D eigenvalue weighted by atomic mass is 10.0. The quantitative estimate of drug-likeness (QED) is 0.894. The molecule has 0 unspecified atom stereocenters. The number of aryl methyl sites for hydroxylation is 2. The third-order valence-corrected chi connectivity index (χ3v) is 2.60. The van der Waals surface area contributed by atoms with E-state index in [1.807, 2.05) is 0 Å². The molecular formula is C12H12N2O4. The number of methoxy groups -OCH3 is 1. The lowest BCUT2D eigenvalue weighted by molar-refractivity contribution is 0.0692. The Hall–Kier alpha value is -2.37. The van der Waals surface area contributed by atoms with Gasteiger partial charge >= 0.3 is 5.97 Å². The molecule has 0 saturated heterocycles. The lowest BCUT2D eigenvalue weighted by Gasteiger charge is -2.06. The zero-order chi connectivity index (χ0) is 13.3. The average molecular weight is 248 g/mol. The first-order valence-electron chi connectivity index (χ1n) is 5.25.